The molecule has 0 aliphatic heterocycles. The molecule has 3 nitrogen and oxygen atoms in total. The van der Waals surface area contributed by atoms with Crippen LogP contribution in [0.4, 0.5) is 0 Å². The number of aromatic nitrogens is 1. The molecule has 37 heavy (non-hydrogen) atoms. The van der Waals surface area contributed by atoms with Crippen LogP contribution in [0.2, 0.25) is 0 Å². The van der Waals surface area contributed by atoms with E-state index in [-0.39, 0.29) is 11.4 Å². The summed E-state index contributed by atoms with van der Waals surface area (Å²) in [6, 6.07) is 32.4. The Bertz CT molecular complexity index is 1580. The van der Waals surface area contributed by atoms with Crippen LogP contribution in [0.25, 0.3) is 22.2 Å². The second-order valence-corrected chi connectivity index (χ2v) is 10.3. The number of carbonyl (C=O) groups is 1. The van der Waals surface area contributed by atoms with E-state index in [9.17, 15) is 4.79 Å². The number of pyridine rings is 1. The minimum absolute atomic E-state index is 0.164. The molecule has 0 fully saturated rings. The fraction of sp³-hybridized carbons (Fsp3) is 0.176. The average Bonchev–Trinajstić information content (AvgIpc) is 2.89. The number of aryl methyl sites for hydroxylation is 3. The summed E-state index contributed by atoms with van der Waals surface area (Å²) in [5.74, 6) is 0.129. The highest BCUT2D eigenvalue weighted by molar-refractivity contribution is 6.06. The van der Waals surface area contributed by atoms with Crippen molar-refractivity contribution in [3.05, 3.63) is 130 Å². The quantitative estimate of drug-likeness (QED) is 0.185. The van der Waals surface area contributed by atoms with Crippen LogP contribution >= 0.6 is 0 Å². The molecule has 0 aliphatic carbocycles. The molecular weight excluding hydrogens is 454 g/mol. The highest BCUT2D eigenvalue weighted by Crippen LogP contribution is 2.33. The number of carbonyl (C=O) groups excluding carboxylic acids is 1. The summed E-state index contributed by atoms with van der Waals surface area (Å²) in [6.07, 6.45) is 0. The number of esters is 1. The molecule has 4 aromatic carbocycles. The van der Waals surface area contributed by atoms with Crippen molar-refractivity contribution in [2.24, 2.45) is 0 Å². The highest BCUT2D eigenvalue weighted by atomic mass is 16.5. The summed E-state index contributed by atoms with van der Waals surface area (Å²) in [4.78, 5) is 18.5. The average molecular weight is 486 g/mol. The van der Waals surface area contributed by atoms with E-state index in [0.29, 0.717) is 11.3 Å². The van der Waals surface area contributed by atoms with E-state index >= 15 is 0 Å². The number of hydrogen-bond donors (Lipinski definition) is 0. The van der Waals surface area contributed by atoms with Gasteiger partial charge in [-0.05, 0) is 61.7 Å². The molecular formula is C34H31NO2. The van der Waals surface area contributed by atoms with Gasteiger partial charge < -0.3 is 4.74 Å². The van der Waals surface area contributed by atoms with Gasteiger partial charge in [-0.1, -0.05) is 97.8 Å². The zero-order chi connectivity index (χ0) is 26.2. The molecule has 0 amide bonds. The van der Waals surface area contributed by atoms with Crippen molar-refractivity contribution in [3.8, 4) is 17.0 Å². The third kappa shape index (κ3) is 4.90. The number of hydrogen-bond acceptors (Lipinski definition) is 3. The normalized spacial score (nSPS) is 11.5. The molecule has 3 heteroatoms. The second kappa shape index (κ2) is 9.67. The molecule has 5 aromatic rings. The van der Waals surface area contributed by atoms with E-state index in [1.165, 1.54) is 11.1 Å². The van der Waals surface area contributed by atoms with Gasteiger partial charge in [-0.2, -0.15) is 0 Å². The molecule has 0 aliphatic rings. The molecule has 5 rings (SSSR count). The molecule has 0 bridgehead atoms. The summed E-state index contributed by atoms with van der Waals surface area (Å²) < 4.78 is 5.90. The molecule has 0 saturated carbocycles. The van der Waals surface area contributed by atoms with E-state index in [0.717, 1.165) is 38.9 Å². The van der Waals surface area contributed by atoms with Crippen LogP contribution < -0.4 is 4.74 Å². The molecule has 0 unspecified atom stereocenters. The predicted molar refractivity (Wildman–Crippen MR) is 151 cm³/mol. The van der Waals surface area contributed by atoms with Gasteiger partial charge in [0.2, 0.25) is 0 Å². The fourth-order valence-electron chi connectivity index (χ4n) is 4.85. The van der Waals surface area contributed by atoms with Gasteiger partial charge in [-0.25, -0.2) is 9.78 Å². The lowest BCUT2D eigenvalue weighted by Gasteiger charge is -2.26. The fourth-order valence-corrected chi connectivity index (χ4v) is 4.85. The van der Waals surface area contributed by atoms with Gasteiger partial charge >= 0.3 is 5.97 Å². The summed E-state index contributed by atoms with van der Waals surface area (Å²) in [5.41, 5.74) is 8.57. The Labute approximate surface area is 218 Å². The van der Waals surface area contributed by atoms with Gasteiger partial charge in [0.25, 0.3) is 0 Å². The van der Waals surface area contributed by atoms with E-state index in [2.05, 4.69) is 63.2 Å². The van der Waals surface area contributed by atoms with Crippen molar-refractivity contribution >= 4 is 16.9 Å². The third-order valence-electron chi connectivity index (χ3n) is 7.10. The molecule has 0 saturated heterocycles. The first-order chi connectivity index (χ1) is 17.7. The van der Waals surface area contributed by atoms with Crippen LogP contribution in [-0.2, 0) is 5.41 Å². The van der Waals surface area contributed by atoms with Gasteiger partial charge in [-0.15, -0.1) is 0 Å². The van der Waals surface area contributed by atoms with E-state index < -0.39 is 0 Å². The maximum absolute atomic E-state index is 13.5. The van der Waals surface area contributed by atoms with Crippen molar-refractivity contribution in [1.29, 1.82) is 0 Å². The standard InChI is InChI=1S/C34H31NO2/c1-22-11-13-25(14-12-22)31-21-30(29-20-23(2)19-24(3)32(29)35-31)33(36)37-28-17-15-27(16-18-28)34(4,5)26-9-7-6-8-10-26/h6-21H,1-5H3. The lowest BCUT2D eigenvalue weighted by Crippen LogP contribution is -2.18. The predicted octanol–water partition coefficient (Wildman–Crippen LogP) is 8.37. The Balaban J connectivity index is 1.50. The van der Waals surface area contributed by atoms with Crippen molar-refractivity contribution in [3.63, 3.8) is 0 Å². The monoisotopic (exact) mass is 485 g/mol. The summed E-state index contributed by atoms with van der Waals surface area (Å²) >= 11 is 0. The minimum Gasteiger partial charge on any atom is -0.423 e. The topological polar surface area (TPSA) is 39.2 Å². The van der Waals surface area contributed by atoms with E-state index in [4.69, 9.17) is 9.72 Å². The Hall–Kier alpha value is -4.24. The van der Waals surface area contributed by atoms with Crippen LogP contribution in [0.15, 0.2) is 97.1 Å². The molecule has 0 atom stereocenters. The van der Waals surface area contributed by atoms with Crippen LogP contribution in [0.1, 0.15) is 52.0 Å². The number of nitrogens with zero attached hydrogens (tertiary/aromatic N) is 1. The van der Waals surface area contributed by atoms with Gasteiger partial charge in [-0.3, -0.25) is 0 Å². The van der Waals surface area contributed by atoms with Gasteiger partial charge in [0.1, 0.15) is 5.75 Å². The molecule has 0 N–H and O–H groups in total. The maximum Gasteiger partial charge on any atom is 0.344 e. The van der Waals surface area contributed by atoms with Gasteiger partial charge in [0.05, 0.1) is 16.8 Å². The number of ether oxygens (including phenoxy) is 1. The Morgan fingerprint density at radius 1 is 0.730 bits per heavy atom. The van der Waals surface area contributed by atoms with Crippen molar-refractivity contribution in [2.75, 3.05) is 0 Å². The third-order valence-corrected chi connectivity index (χ3v) is 7.10. The summed E-state index contributed by atoms with van der Waals surface area (Å²) in [6.45, 7) is 10.5. The van der Waals surface area contributed by atoms with Crippen molar-refractivity contribution in [2.45, 2.75) is 40.0 Å². The first-order valence-corrected chi connectivity index (χ1v) is 12.6. The molecule has 1 heterocycles. The smallest absolute Gasteiger partial charge is 0.344 e. The lowest BCUT2D eigenvalue weighted by atomic mass is 9.78. The Kier molecular flexibility index (Phi) is 6.39. The van der Waals surface area contributed by atoms with E-state index in [1.54, 1.807) is 0 Å². The number of benzene rings is 4. The van der Waals surface area contributed by atoms with Crippen molar-refractivity contribution < 1.29 is 9.53 Å². The molecule has 1 aromatic heterocycles. The maximum atomic E-state index is 13.5. The zero-order valence-corrected chi connectivity index (χ0v) is 22.0. The van der Waals surface area contributed by atoms with Gasteiger partial charge in [0, 0.05) is 16.4 Å². The highest BCUT2D eigenvalue weighted by Gasteiger charge is 2.23. The second-order valence-electron chi connectivity index (χ2n) is 10.3. The van der Waals surface area contributed by atoms with Crippen molar-refractivity contribution in [1.82, 2.24) is 4.98 Å². The van der Waals surface area contributed by atoms with E-state index in [1.807, 2.05) is 68.4 Å². The first-order valence-electron chi connectivity index (χ1n) is 12.6. The Morgan fingerprint density at radius 2 is 1.38 bits per heavy atom. The van der Waals surface area contributed by atoms with Crippen LogP contribution in [-0.4, -0.2) is 11.0 Å². The van der Waals surface area contributed by atoms with Gasteiger partial charge in [0.15, 0.2) is 0 Å². The van der Waals surface area contributed by atoms with Crippen LogP contribution in [0.3, 0.4) is 0 Å². The number of fused-ring (bicyclic) bond motifs is 1. The largest absolute Gasteiger partial charge is 0.423 e. The summed E-state index contributed by atoms with van der Waals surface area (Å²) in [7, 11) is 0. The SMILES string of the molecule is Cc1ccc(-c2cc(C(=O)Oc3ccc(C(C)(C)c4ccccc4)cc3)c3cc(C)cc(C)c3n2)cc1. The molecule has 0 spiro atoms. The first kappa shape index (κ1) is 24.5. The van der Waals surface area contributed by atoms with Crippen LogP contribution in [0, 0.1) is 20.8 Å². The number of rotatable bonds is 5. The summed E-state index contributed by atoms with van der Waals surface area (Å²) in [5, 5.41) is 0.806. The molecule has 184 valence electrons. The molecule has 0 radical (unpaired) electrons. The van der Waals surface area contributed by atoms with Crippen LogP contribution in [0.5, 0.6) is 5.75 Å². The lowest BCUT2D eigenvalue weighted by molar-refractivity contribution is 0.0736. The zero-order valence-electron chi connectivity index (χ0n) is 22.0. The Morgan fingerprint density at radius 3 is 2.05 bits per heavy atom. The minimum atomic E-state index is -0.388.